The van der Waals surface area contributed by atoms with E-state index < -0.39 is 0 Å². The van der Waals surface area contributed by atoms with Crippen molar-refractivity contribution >= 4 is 17.5 Å². The van der Waals surface area contributed by atoms with Gasteiger partial charge in [-0.25, -0.2) is 4.98 Å². The highest BCUT2D eigenvalue weighted by Crippen LogP contribution is 2.35. The van der Waals surface area contributed by atoms with Gasteiger partial charge in [-0.1, -0.05) is 18.2 Å². The summed E-state index contributed by atoms with van der Waals surface area (Å²) in [6.07, 6.45) is 3.84. The van der Waals surface area contributed by atoms with Crippen LogP contribution in [0.5, 0.6) is 11.5 Å². The lowest BCUT2D eigenvalue weighted by molar-refractivity contribution is 0.353. The van der Waals surface area contributed by atoms with E-state index in [0.717, 1.165) is 55.7 Å². The van der Waals surface area contributed by atoms with Gasteiger partial charge in [-0.2, -0.15) is 4.98 Å². The van der Waals surface area contributed by atoms with E-state index in [1.807, 2.05) is 12.3 Å². The van der Waals surface area contributed by atoms with Crippen LogP contribution in [0.4, 0.5) is 17.5 Å². The van der Waals surface area contributed by atoms with E-state index >= 15 is 0 Å². The van der Waals surface area contributed by atoms with Gasteiger partial charge in [-0.05, 0) is 53.8 Å². The monoisotopic (exact) mass is 388 g/mol. The molecule has 6 heteroatoms. The van der Waals surface area contributed by atoms with E-state index in [-0.39, 0.29) is 0 Å². The highest BCUT2D eigenvalue weighted by Gasteiger charge is 2.24. The maximum absolute atomic E-state index is 5.49. The van der Waals surface area contributed by atoms with E-state index in [0.29, 0.717) is 0 Å². The molecule has 2 aliphatic rings. The zero-order valence-corrected chi connectivity index (χ0v) is 16.8. The molecule has 0 saturated heterocycles. The number of aromatic nitrogens is 2. The van der Waals surface area contributed by atoms with Crippen LogP contribution in [0.15, 0.2) is 48.7 Å². The molecule has 2 aliphatic heterocycles. The Morgan fingerprint density at radius 2 is 1.62 bits per heavy atom. The summed E-state index contributed by atoms with van der Waals surface area (Å²) in [5, 5.41) is 0. The fraction of sp³-hybridized carbons (Fsp3) is 0.304. The van der Waals surface area contributed by atoms with Crippen molar-refractivity contribution < 1.29 is 9.47 Å². The van der Waals surface area contributed by atoms with Crippen LogP contribution in [0.3, 0.4) is 0 Å². The summed E-state index contributed by atoms with van der Waals surface area (Å²) in [5.41, 5.74) is 5.13. The number of para-hydroxylation sites is 1. The highest BCUT2D eigenvalue weighted by atomic mass is 16.5. The quantitative estimate of drug-likeness (QED) is 0.679. The van der Waals surface area contributed by atoms with Gasteiger partial charge >= 0.3 is 0 Å². The maximum atomic E-state index is 5.49. The zero-order valence-electron chi connectivity index (χ0n) is 16.8. The van der Waals surface area contributed by atoms with Crippen LogP contribution in [0.25, 0.3) is 0 Å². The van der Waals surface area contributed by atoms with Gasteiger partial charge in [0.15, 0.2) is 11.5 Å². The summed E-state index contributed by atoms with van der Waals surface area (Å²) in [4.78, 5) is 14.0. The fourth-order valence-corrected chi connectivity index (χ4v) is 4.27. The molecule has 148 valence electrons. The first-order valence-electron chi connectivity index (χ1n) is 9.94. The predicted octanol–water partition coefficient (Wildman–Crippen LogP) is 3.75. The van der Waals surface area contributed by atoms with Crippen molar-refractivity contribution in [3.05, 3.63) is 65.4 Å². The number of methoxy groups -OCH3 is 2. The number of hydrogen-bond acceptors (Lipinski definition) is 6. The van der Waals surface area contributed by atoms with Crippen LogP contribution in [-0.2, 0) is 19.4 Å². The summed E-state index contributed by atoms with van der Waals surface area (Å²) in [7, 11) is 3.35. The van der Waals surface area contributed by atoms with Crippen LogP contribution < -0.4 is 19.3 Å². The zero-order chi connectivity index (χ0) is 19.8. The summed E-state index contributed by atoms with van der Waals surface area (Å²) >= 11 is 0. The number of rotatable bonds is 4. The van der Waals surface area contributed by atoms with E-state index in [4.69, 9.17) is 14.5 Å². The normalized spacial score (nSPS) is 15.1. The summed E-state index contributed by atoms with van der Waals surface area (Å²) in [6.45, 7) is 2.63. The predicted molar refractivity (Wildman–Crippen MR) is 113 cm³/mol. The minimum Gasteiger partial charge on any atom is -0.493 e. The Bertz CT molecular complexity index is 1050. The molecule has 2 aromatic carbocycles. The standard InChI is InChI=1S/C23H24N4O2/c1-28-20-13-17-8-11-26(15-18(17)14-21(20)29-2)22-7-10-24-23(25-22)27-12-9-16-5-3-4-6-19(16)27/h3-7,10,13-14H,8-9,11-12,15H2,1-2H3. The Morgan fingerprint density at radius 3 is 2.45 bits per heavy atom. The number of benzene rings is 2. The molecule has 0 saturated carbocycles. The largest absolute Gasteiger partial charge is 0.493 e. The van der Waals surface area contributed by atoms with Gasteiger partial charge in [0.25, 0.3) is 0 Å². The third-order valence-electron chi connectivity index (χ3n) is 5.80. The van der Waals surface area contributed by atoms with Crippen molar-refractivity contribution in [2.75, 3.05) is 37.1 Å². The molecule has 3 heterocycles. The third-order valence-corrected chi connectivity index (χ3v) is 5.80. The van der Waals surface area contributed by atoms with Crippen LogP contribution >= 0.6 is 0 Å². The van der Waals surface area contributed by atoms with Gasteiger partial charge in [-0.3, -0.25) is 0 Å². The average molecular weight is 388 g/mol. The number of hydrogen-bond donors (Lipinski definition) is 0. The van der Waals surface area contributed by atoms with Crippen LogP contribution in [0.1, 0.15) is 16.7 Å². The molecule has 6 nitrogen and oxygen atoms in total. The molecule has 0 bridgehead atoms. The van der Waals surface area contributed by atoms with Crippen molar-refractivity contribution in [2.45, 2.75) is 19.4 Å². The van der Waals surface area contributed by atoms with E-state index in [1.165, 1.54) is 22.4 Å². The summed E-state index contributed by atoms with van der Waals surface area (Å²) in [5.74, 6) is 3.28. The summed E-state index contributed by atoms with van der Waals surface area (Å²) < 4.78 is 10.9. The molecule has 0 spiro atoms. The maximum Gasteiger partial charge on any atom is 0.231 e. The van der Waals surface area contributed by atoms with Gasteiger partial charge < -0.3 is 19.3 Å². The number of ether oxygens (including phenoxy) is 2. The summed E-state index contributed by atoms with van der Waals surface area (Å²) in [6, 6.07) is 14.7. The second-order valence-electron chi connectivity index (χ2n) is 7.39. The Labute approximate surface area is 170 Å². The van der Waals surface area contributed by atoms with E-state index in [2.05, 4.69) is 51.2 Å². The van der Waals surface area contributed by atoms with Crippen LogP contribution in [-0.4, -0.2) is 37.3 Å². The van der Waals surface area contributed by atoms with Crippen LogP contribution in [0.2, 0.25) is 0 Å². The Balaban J connectivity index is 1.43. The second-order valence-corrected chi connectivity index (χ2v) is 7.39. The third kappa shape index (κ3) is 3.14. The molecule has 1 aromatic heterocycles. The lowest BCUT2D eigenvalue weighted by Gasteiger charge is -2.31. The van der Waals surface area contributed by atoms with E-state index in [1.54, 1.807) is 14.2 Å². The van der Waals surface area contributed by atoms with Crippen LogP contribution in [0, 0.1) is 0 Å². The number of fused-ring (bicyclic) bond motifs is 2. The molecular formula is C23H24N4O2. The lowest BCUT2D eigenvalue weighted by atomic mass is 9.99. The Morgan fingerprint density at radius 1 is 0.862 bits per heavy atom. The molecular weight excluding hydrogens is 364 g/mol. The van der Waals surface area contributed by atoms with E-state index in [9.17, 15) is 0 Å². The molecule has 0 amide bonds. The molecule has 0 N–H and O–H groups in total. The fourth-order valence-electron chi connectivity index (χ4n) is 4.27. The SMILES string of the molecule is COc1cc2c(cc1OC)CN(c1ccnc(N3CCc4ccccc43)n1)CC2. The first-order valence-corrected chi connectivity index (χ1v) is 9.94. The molecule has 0 aliphatic carbocycles. The van der Waals surface area contributed by atoms with Crippen molar-refractivity contribution in [3.63, 3.8) is 0 Å². The average Bonchev–Trinajstić information content (AvgIpc) is 3.22. The van der Waals surface area contributed by atoms with Crippen molar-refractivity contribution in [2.24, 2.45) is 0 Å². The molecule has 0 radical (unpaired) electrons. The smallest absolute Gasteiger partial charge is 0.231 e. The van der Waals surface area contributed by atoms with Crippen molar-refractivity contribution in [3.8, 4) is 11.5 Å². The van der Waals surface area contributed by atoms with Crippen molar-refractivity contribution in [1.82, 2.24) is 9.97 Å². The number of nitrogens with zero attached hydrogens (tertiary/aromatic N) is 4. The van der Waals surface area contributed by atoms with Gasteiger partial charge in [0.05, 0.1) is 14.2 Å². The van der Waals surface area contributed by atoms with Gasteiger partial charge in [0.1, 0.15) is 5.82 Å². The second kappa shape index (κ2) is 7.28. The molecule has 5 rings (SSSR count). The highest BCUT2D eigenvalue weighted by molar-refractivity contribution is 5.66. The Kier molecular flexibility index (Phi) is 4.46. The molecule has 29 heavy (non-hydrogen) atoms. The Hall–Kier alpha value is -3.28. The molecule has 0 unspecified atom stereocenters. The molecule has 0 atom stereocenters. The molecule has 3 aromatic rings. The van der Waals surface area contributed by atoms with Gasteiger partial charge in [0.2, 0.25) is 5.95 Å². The minimum atomic E-state index is 0.769. The minimum absolute atomic E-state index is 0.769. The molecule has 0 fully saturated rings. The first kappa shape index (κ1) is 17.8. The van der Waals surface area contributed by atoms with Gasteiger partial charge in [-0.15, -0.1) is 0 Å². The lowest BCUT2D eigenvalue weighted by Crippen LogP contribution is -2.31. The first-order chi connectivity index (χ1) is 14.3. The number of anilines is 3. The van der Waals surface area contributed by atoms with Gasteiger partial charge in [0, 0.05) is 31.5 Å². The topological polar surface area (TPSA) is 50.7 Å². The van der Waals surface area contributed by atoms with Crippen molar-refractivity contribution in [1.29, 1.82) is 0 Å².